The molecule has 0 spiro atoms. The molecule has 0 aliphatic heterocycles. The molecule has 0 radical (unpaired) electrons. The van der Waals surface area contributed by atoms with Crippen molar-refractivity contribution in [2.24, 2.45) is 0 Å². The Morgan fingerprint density at radius 3 is 2.55 bits per heavy atom. The number of aromatic nitrogens is 3. The minimum absolute atomic E-state index is 0.255. The standard InChI is InChI=1S/C22H21N3O2S2/c26-29(27,18-9-5-2-6-10-18)25-14-20(21-13-23-15-28-21)19-11-17(12-24-22(19)25)16-7-3-1-4-8-16/h2,5-6,9-16H,1,3-4,7-8H2. The molecule has 0 amide bonds. The maximum Gasteiger partial charge on any atom is 0.269 e. The van der Waals surface area contributed by atoms with Crippen LogP contribution in [0.1, 0.15) is 43.6 Å². The summed E-state index contributed by atoms with van der Waals surface area (Å²) < 4.78 is 28.0. The van der Waals surface area contributed by atoms with Gasteiger partial charge in [-0.3, -0.25) is 4.98 Å². The molecule has 3 aromatic heterocycles. The van der Waals surface area contributed by atoms with Crippen molar-refractivity contribution in [2.75, 3.05) is 0 Å². The van der Waals surface area contributed by atoms with Crippen LogP contribution in [0.15, 0.2) is 65.4 Å². The zero-order chi connectivity index (χ0) is 19.8. The lowest BCUT2D eigenvalue weighted by Crippen LogP contribution is -2.12. The van der Waals surface area contributed by atoms with Crippen LogP contribution in [0.5, 0.6) is 0 Å². The molecule has 5 nitrogen and oxygen atoms in total. The Labute approximate surface area is 174 Å². The number of hydrogen-bond acceptors (Lipinski definition) is 5. The maximum absolute atomic E-state index is 13.3. The molecule has 0 atom stereocenters. The number of fused-ring (bicyclic) bond motifs is 1. The average Bonchev–Trinajstić information content (AvgIpc) is 3.42. The molecule has 1 aromatic carbocycles. The molecule has 1 aliphatic carbocycles. The molecular formula is C22H21N3O2S2. The smallest absolute Gasteiger partial charge is 0.252 e. The van der Waals surface area contributed by atoms with E-state index in [1.807, 2.05) is 12.3 Å². The summed E-state index contributed by atoms with van der Waals surface area (Å²) >= 11 is 1.51. The van der Waals surface area contributed by atoms with Crippen molar-refractivity contribution < 1.29 is 8.42 Å². The van der Waals surface area contributed by atoms with Gasteiger partial charge in [0, 0.05) is 29.5 Å². The Balaban J connectivity index is 1.71. The van der Waals surface area contributed by atoms with Gasteiger partial charge in [-0.15, -0.1) is 11.3 Å². The van der Waals surface area contributed by atoms with Crippen LogP contribution in [0.4, 0.5) is 0 Å². The van der Waals surface area contributed by atoms with Gasteiger partial charge in [-0.2, -0.15) is 0 Å². The fourth-order valence-corrected chi connectivity index (χ4v) is 6.18. The Hall–Kier alpha value is -2.51. The Morgan fingerprint density at radius 1 is 1.03 bits per heavy atom. The Kier molecular flexibility index (Phi) is 4.72. The van der Waals surface area contributed by atoms with Crippen molar-refractivity contribution in [3.63, 3.8) is 0 Å². The predicted octanol–water partition coefficient (Wildman–Crippen LogP) is 5.44. The van der Waals surface area contributed by atoms with Crippen molar-refractivity contribution in [1.82, 2.24) is 13.9 Å². The highest BCUT2D eigenvalue weighted by atomic mass is 32.2. The van der Waals surface area contributed by atoms with Crippen LogP contribution in [0.25, 0.3) is 21.5 Å². The Bertz CT molecular complexity index is 1240. The van der Waals surface area contributed by atoms with E-state index in [-0.39, 0.29) is 4.90 Å². The van der Waals surface area contributed by atoms with Crippen LogP contribution in [0, 0.1) is 0 Å². The molecule has 1 aliphatic rings. The van der Waals surface area contributed by atoms with E-state index in [0.717, 1.165) is 15.8 Å². The lowest BCUT2D eigenvalue weighted by Gasteiger charge is -2.21. The summed E-state index contributed by atoms with van der Waals surface area (Å²) in [5.74, 6) is 0.504. The Morgan fingerprint density at radius 2 is 1.83 bits per heavy atom. The minimum Gasteiger partial charge on any atom is -0.252 e. The second-order valence-corrected chi connectivity index (χ2v) is 10.2. The second-order valence-electron chi connectivity index (χ2n) is 7.50. The molecule has 4 aromatic rings. The van der Waals surface area contributed by atoms with E-state index in [1.165, 1.54) is 53.0 Å². The van der Waals surface area contributed by atoms with Gasteiger partial charge in [-0.25, -0.2) is 17.4 Å². The van der Waals surface area contributed by atoms with E-state index in [0.29, 0.717) is 11.6 Å². The molecule has 148 valence electrons. The summed E-state index contributed by atoms with van der Waals surface area (Å²) in [6.45, 7) is 0. The van der Waals surface area contributed by atoms with Crippen LogP contribution >= 0.6 is 11.3 Å². The third-order valence-electron chi connectivity index (χ3n) is 5.71. The first-order chi connectivity index (χ1) is 14.1. The van der Waals surface area contributed by atoms with E-state index in [2.05, 4.69) is 16.0 Å². The van der Waals surface area contributed by atoms with Gasteiger partial charge in [0.1, 0.15) is 0 Å². The lowest BCUT2D eigenvalue weighted by atomic mass is 9.84. The van der Waals surface area contributed by atoms with Gasteiger partial charge < -0.3 is 0 Å². The SMILES string of the molecule is O=S(=O)(c1ccccc1)n1cc(-c2cncs2)c2cc(C3CCCCC3)cnc21. The molecule has 0 N–H and O–H groups in total. The van der Waals surface area contributed by atoms with Crippen molar-refractivity contribution >= 4 is 32.4 Å². The quantitative estimate of drug-likeness (QED) is 0.438. The monoisotopic (exact) mass is 423 g/mol. The van der Waals surface area contributed by atoms with Crippen LogP contribution in [-0.4, -0.2) is 22.4 Å². The van der Waals surface area contributed by atoms with Crippen molar-refractivity contribution in [3.05, 3.63) is 66.1 Å². The zero-order valence-electron chi connectivity index (χ0n) is 15.9. The summed E-state index contributed by atoms with van der Waals surface area (Å²) in [5, 5.41) is 0.872. The molecule has 0 bridgehead atoms. The first-order valence-electron chi connectivity index (χ1n) is 9.85. The number of hydrogen-bond donors (Lipinski definition) is 0. The summed E-state index contributed by atoms with van der Waals surface area (Å²) in [5.41, 5.74) is 4.31. The fraction of sp³-hybridized carbons (Fsp3) is 0.273. The summed E-state index contributed by atoms with van der Waals surface area (Å²) in [4.78, 5) is 10.0. The summed E-state index contributed by atoms with van der Waals surface area (Å²) in [7, 11) is -3.74. The molecule has 0 unspecified atom stereocenters. The first kappa shape index (κ1) is 18.5. The molecule has 1 fully saturated rings. The average molecular weight is 424 g/mol. The topological polar surface area (TPSA) is 64.8 Å². The predicted molar refractivity (Wildman–Crippen MR) is 116 cm³/mol. The minimum atomic E-state index is -3.74. The number of benzene rings is 1. The first-order valence-corrected chi connectivity index (χ1v) is 12.2. The molecule has 29 heavy (non-hydrogen) atoms. The highest BCUT2D eigenvalue weighted by Gasteiger charge is 2.24. The lowest BCUT2D eigenvalue weighted by molar-refractivity contribution is 0.443. The normalized spacial score (nSPS) is 15.7. The molecule has 0 saturated heterocycles. The highest BCUT2D eigenvalue weighted by Crippen LogP contribution is 2.38. The van der Waals surface area contributed by atoms with Crippen LogP contribution < -0.4 is 0 Å². The third-order valence-corrected chi connectivity index (χ3v) is 8.18. The van der Waals surface area contributed by atoms with Crippen LogP contribution in [0.2, 0.25) is 0 Å². The van der Waals surface area contributed by atoms with Crippen molar-refractivity contribution in [1.29, 1.82) is 0 Å². The number of pyridine rings is 1. The zero-order valence-corrected chi connectivity index (χ0v) is 17.5. The van der Waals surface area contributed by atoms with Gasteiger partial charge in [0.25, 0.3) is 10.0 Å². The molecule has 1 saturated carbocycles. The molecule has 7 heteroatoms. The van der Waals surface area contributed by atoms with E-state index in [1.54, 1.807) is 42.2 Å². The summed E-state index contributed by atoms with van der Waals surface area (Å²) in [6.07, 6.45) is 11.5. The van der Waals surface area contributed by atoms with E-state index in [4.69, 9.17) is 0 Å². The van der Waals surface area contributed by atoms with Gasteiger partial charge in [0.15, 0.2) is 5.65 Å². The molecular weight excluding hydrogens is 402 g/mol. The third kappa shape index (κ3) is 3.28. The van der Waals surface area contributed by atoms with Crippen molar-refractivity contribution in [2.45, 2.75) is 42.9 Å². The van der Waals surface area contributed by atoms with Gasteiger partial charge >= 0.3 is 0 Å². The maximum atomic E-state index is 13.3. The van der Waals surface area contributed by atoms with Gasteiger partial charge in [0.05, 0.1) is 15.3 Å². The largest absolute Gasteiger partial charge is 0.269 e. The van der Waals surface area contributed by atoms with Gasteiger partial charge in [-0.05, 0) is 42.5 Å². The number of thiazole rings is 1. The van der Waals surface area contributed by atoms with E-state index in [9.17, 15) is 8.42 Å². The van der Waals surface area contributed by atoms with Crippen molar-refractivity contribution in [3.8, 4) is 10.4 Å². The fourth-order valence-electron chi connectivity index (χ4n) is 4.19. The van der Waals surface area contributed by atoms with E-state index < -0.39 is 10.0 Å². The van der Waals surface area contributed by atoms with Crippen LogP contribution in [-0.2, 0) is 10.0 Å². The molecule has 3 heterocycles. The van der Waals surface area contributed by atoms with Gasteiger partial charge in [-0.1, -0.05) is 37.5 Å². The second kappa shape index (κ2) is 7.39. The van der Waals surface area contributed by atoms with Gasteiger partial charge in [0.2, 0.25) is 0 Å². The van der Waals surface area contributed by atoms with E-state index >= 15 is 0 Å². The molecule has 5 rings (SSSR count). The number of nitrogens with zero attached hydrogens (tertiary/aromatic N) is 3. The van der Waals surface area contributed by atoms with Crippen LogP contribution in [0.3, 0.4) is 0 Å². The summed E-state index contributed by atoms with van der Waals surface area (Å²) in [6, 6.07) is 10.6. The number of rotatable bonds is 4. The highest BCUT2D eigenvalue weighted by molar-refractivity contribution is 7.90.